The molecule has 0 aromatic rings. The van der Waals surface area contributed by atoms with Crippen molar-refractivity contribution >= 4 is 14.3 Å². The first-order valence-electron chi connectivity index (χ1n) is 8.74. The standard InChI is InChI=1S/C17H34O3Si/c1-7-21(8-2,9-3)20-14(6)11-16-12-15(10-13(4)5)17(18)19-16/h13-16H,7-12H2,1-6H3/t14-,15-,16+/m1/s1. The smallest absolute Gasteiger partial charge is 0.309 e. The van der Waals surface area contributed by atoms with E-state index in [0.29, 0.717) is 5.92 Å². The second-order valence-corrected chi connectivity index (χ2v) is 11.8. The van der Waals surface area contributed by atoms with E-state index >= 15 is 0 Å². The van der Waals surface area contributed by atoms with Crippen molar-refractivity contribution < 1.29 is 14.0 Å². The van der Waals surface area contributed by atoms with Gasteiger partial charge in [-0.15, -0.1) is 0 Å². The first kappa shape index (κ1) is 18.7. The fourth-order valence-corrected chi connectivity index (χ4v) is 6.42. The van der Waals surface area contributed by atoms with Crippen molar-refractivity contribution in [3.63, 3.8) is 0 Å². The van der Waals surface area contributed by atoms with Crippen LogP contribution < -0.4 is 0 Å². The van der Waals surface area contributed by atoms with Gasteiger partial charge < -0.3 is 9.16 Å². The third kappa shape index (κ3) is 5.40. The quantitative estimate of drug-likeness (QED) is 0.454. The fraction of sp³-hybridized carbons (Fsp3) is 0.941. The molecular formula is C17H34O3Si. The minimum atomic E-state index is -1.55. The lowest BCUT2D eigenvalue weighted by Crippen LogP contribution is -2.40. The van der Waals surface area contributed by atoms with Gasteiger partial charge in [0.2, 0.25) is 0 Å². The topological polar surface area (TPSA) is 35.5 Å². The summed E-state index contributed by atoms with van der Waals surface area (Å²) in [5, 5.41) is 0. The average molecular weight is 315 g/mol. The third-order valence-electron chi connectivity index (χ3n) is 4.90. The molecular weight excluding hydrogens is 280 g/mol. The Balaban J connectivity index is 2.49. The molecule has 1 heterocycles. The van der Waals surface area contributed by atoms with Crippen LogP contribution in [0.15, 0.2) is 0 Å². The normalized spacial score (nSPS) is 24.4. The van der Waals surface area contributed by atoms with E-state index in [1.54, 1.807) is 0 Å². The molecule has 0 aromatic heterocycles. The molecule has 0 bridgehead atoms. The Hall–Kier alpha value is -0.353. The zero-order valence-electron chi connectivity index (χ0n) is 14.8. The van der Waals surface area contributed by atoms with Crippen LogP contribution in [-0.2, 0) is 14.0 Å². The zero-order chi connectivity index (χ0) is 16.0. The Kier molecular flexibility index (Phi) is 7.41. The first-order chi connectivity index (χ1) is 9.85. The van der Waals surface area contributed by atoms with Crippen molar-refractivity contribution in [2.75, 3.05) is 0 Å². The fourth-order valence-electron chi connectivity index (χ4n) is 3.47. The highest BCUT2D eigenvalue weighted by molar-refractivity contribution is 6.73. The van der Waals surface area contributed by atoms with Crippen LogP contribution in [0.4, 0.5) is 0 Å². The third-order valence-corrected chi connectivity index (χ3v) is 9.67. The van der Waals surface area contributed by atoms with Gasteiger partial charge >= 0.3 is 5.97 Å². The van der Waals surface area contributed by atoms with Crippen LogP contribution in [0.3, 0.4) is 0 Å². The summed E-state index contributed by atoms with van der Waals surface area (Å²) in [6, 6.07) is 3.51. The molecule has 0 radical (unpaired) electrons. The number of carbonyl (C=O) groups is 1. The number of ether oxygens (including phenoxy) is 1. The molecule has 4 heteroatoms. The van der Waals surface area contributed by atoms with Gasteiger partial charge in [-0.05, 0) is 43.8 Å². The highest BCUT2D eigenvalue weighted by Gasteiger charge is 2.37. The molecule has 0 aromatic carbocycles. The predicted molar refractivity (Wildman–Crippen MR) is 89.8 cm³/mol. The van der Waals surface area contributed by atoms with Crippen molar-refractivity contribution in [2.45, 2.75) is 91.1 Å². The van der Waals surface area contributed by atoms with Gasteiger partial charge in [0.1, 0.15) is 6.10 Å². The molecule has 0 aliphatic carbocycles. The van der Waals surface area contributed by atoms with Gasteiger partial charge in [0.15, 0.2) is 8.32 Å². The number of hydrogen-bond donors (Lipinski definition) is 0. The second kappa shape index (κ2) is 8.32. The number of carbonyl (C=O) groups excluding carboxylic acids is 1. The van der Waals surface area contributed by atoms with E-state index in [4.69, 9.17) is 9.16 Å². The molecule has 0 spiro atoms. The SMILES string of the molecule is CC[Si](CC)(CC)O[C@H](C)C[C@H]1C[C@@H](CC(C)C)C(=O)O1. The summed E-state index contributed by atoms with van der Waals surface area (Å²) in [5.74, 6) is 0.661. The maximum Gasteiger partial charge on any atom is 0.309 e. The molecule has 1 aliphatic heterocycles. The Morgan fingerprint density at radius 1 is 1.14 bits per heavy atom. The van der Waals surface area contributed by atoms with Gasteiger partial charge in [-0.3, -0.25) is 4.79 Å². The Bertz CT molecular complexity index is 318. The molecule has 1 aliphatic rings. The lowest BCUT2D eigenvalue weighted by atomic mass is 9.93. The molecule has 1 saturated heterocycles. The largest absolute Gasteiger partial charge is 0.462 e. The summed E-state index contributed by atoms with van der Waals surface area (Å²) in [4.78, 5) is 11.9. The van der Waals surface area contributed by atoms with E-state index < -0.39 is 8.32 Å². The Morgan fingerprint density at radius 3 is 2.19 bits per heavy atom. The van der Waals surface area contributed by atoms with Gasteiger partial charge in [0.25, 0.3) is 0 Å². The van der Waals surface area contributed by atoms with Gasteiger partial charge in [0.05, 0.1) is 5.92 Å². The molecule has 3 nitrogen and oxygen atoms in total. The monoisotopic (exact) mass is 314 g/mol. The number of hydrogen-bond acceptors (Lipinski definition) is 3. The van der Waals surface area contributed by atoms with Crippen LogP contribution in [0.25, 0.3) is 0 Å². The molecule has 0 N–H and O–H groups in total. The van der Waals surface area contributed by atoms with E-state index in [2.05, 4.69) is 41.5 Å². The Morgan fingerprint density at radius 2 is 1.71 bits per heavy atom. The van der Waals surface area contributed by atoms with E-state index in [-0.39, 0.29) is 24.1 Å². The first-order valence-corrected chi connectivity index (χ1v) is 11.3. The summed E-state index contributed by atoms with van der Waals surface area (Å²) >= 11 is 0. The van der Waals surface area contributed by atoms with E-state index in [0.717, 1.165) is 19.3 Å². The lowest BCUT2D eigenvalue weighted by Gasteiger charge is -2.32. The summed E-state index contributed by atoms with van der Waals surface area (Å²) in [6.45, 7) is 13.2. The van der Waals surface area contributed by atoms with Crippen molar-refractivity contribution in [3.05, 3.63) is 0 Å². The molecule has 124 valence electrons. The number of esters is 1. The lowest BCUT2D eigenvalue weighted by molar-refractivity contribution is -0.145. The Labute approximate surface area is 131 Å². The number of rotatable bonds is 9. The summed E-state index contributed by atoms with van der Waals surface area (Å²) in [5.41, 5.74) is 0. The van der Waals surface area contributed by atoms with Crippen LogP contribution in [0.1, 0.15) is 60.8 Å². The van der Waals surface area contributed by atoms with Crippen LogP contribution >= 0.6 is 0 Å². The second-order valence-electron chi connectivity index (χ2n) is 7.03. The van der Waals surface area contributed by atoms with Crippen molar-refractivity contribution in [3.8, 4) is 0 Å². The highest BCUT2D eigenvalue weighted by Crippen LogP contribution is 2.31. The molecule has 1 fully saturated rings. The molecule has 1 rings (SSSR count). The van der Waals surface area contributed by atoms with E-state index in [1.165, 1.54) is 18.1 Å². The maximum atomic E-state index is 11.9. The van der Waals surface area contributed by atoms with Crippen LogP contribution in [0.2, 0.25) is 18.1 Å². The van der Waals surface area contributed by atoms with Crippen LogP contribution in [0, 0.1) is 11.8 Å². The maximum absolute atomic E-state index is 11.9. The summed E-state index contributed by atoms with van der Waals surface area (Å²) < 4.78 is 12.0. The van der Waals surface area contributed by atoms with Crippen LogP contribution in [0.5, 0.6) is 0 Å². The zero-order valence-corrected chi connectivity index (χ0v) is 15.8. The highest BCUT2D eigenvalue weighted by atomic mass is 28.4. The molecule has 21 heavy (non-hydrogen) atoms. The molecule has 0 unspecified atom stereocenters. The molecule has 0 saturated carbocycles. The van der Waals surface area contributed by atoms with Gasteiger partial charge in [-0.2, -0.15) is 0 Å². The van der Waals surface area contributed by atoms with Crippen LogP contribution in [-0.4, -0.2) is 26.5 Å². The van der Waals surface area contributed by atoms with Crippen molar-refractivity contribution in [2.24, 2.45) is 11.8 Å². The van der Waals surface area contributed by atoms with Gasteiger partial charge in [-0.1, -0.05) is 34.6 Å². The molecule has 0 amide bonds. The summed E-state index contributed by atoms with van der Waals surface area (Å²) in [7, 11) is -1.55. The summed E-state index contributed by atoms with van der Waals surface area (Å²) in [6.07, 6.45) is 2.95. The average Bonchev–Trinajstić information content (AvgIpc) is 2.75. The van der Waals surface area contributed by atoms with E-state index in [9.17, 15) is 4.79 Å². The molecule has 3 atom stereocenters. The van der Waals surface area contributed by atoms with E-state index in [1.807, 2.05) is 0 Å². The predicted octanol–water partition coefficient (Wildman–Crippen LogP) is 4.76. The van der Waals surface area contributed by atoms with Gasteiger partial charge in [-0.25, -0.2) is 0 Å². The minimum Gasteiger partial charge on any atom is -0.462 e. The number of cyclic esters (lactones) is 1. The van der Waals surface area contributed by atoms with Gasteiger partial charge in [0, 0.05) is 12.5 Å². The van der Waals surface area contributed by atoms with Crippen molar-refractivity contribution in [1.82, 2.24) is 0 Å². The van der Waals surface area contributed by atoms with Crippen molar-refractivity contribution in [1.29, 1.82) is 0 Å². The minimum absolute atomic E-state index is 0.00545.